The van der Waals surface area contributed by atoms with Crippen LogP contribution in [0.5, 0.6) is 11.5 Å². The minimum Gasteiger partial charge on any atom is -0.484 e. The van der Waals surface area contributed by atoms with Crippen LogP contribution < -0.4 is 20.1 Å². The highest BCUT2D eigenvalue weighted by Gasteiger charge is 2.55. The quantitative estimate of drug-likeness (QED) is 0.437. The summed E-state index contributed by atoms with van der Waals surface area (Å²) < 4.78 is 62.4. The molecule has 3 N–H and O–H groups in total. The number of halogens is 5. The number of aliphatic hydroxyl groups is 1. The smallest absolute Gasteiger partial charge is 0.419 e. The minimum absolute atomic E-state index is 0.200. The van der Waals surface area contributed by atoms with Gasteiger partial charge in [0, 0.05) is 16.6 Å². The Balaban J connectivity index is 1.27. The second-order valence-electron chi connectivity index (χ2n) is 9.42. The Morgan fingerprint density at radius 1 is 0.946 bits per heavy atom. The molecular formula is C25H25ClF4N2O5. The van der Waals surface area contributed by atoms with Crippen LogP contribution in [0.25, 0.3) is 0 Å². The molecule has 0 aliphatic heterocycles. The van der Waals surface area contributed by atoms with Gasteiger partial charge in [-0.3, -0.25) is 9.59 Å². The number of hydrogen-bond donors (Lipinski definition) is 3. The van der Waals surface area contributed by atoms with Crippen LogP contribution in [0.3, 0.4) is 0 Å². The molecule has 0 radical (unpaired) electrons. The zero-order chi connectivity index (χ0) is 26.8. The number of ether oxygens (including phenoxy) is 2. The first kappa shape index (κ1) is 27.0. The Morgan fingerprint density at radius 2 is 1.51 bits per heavy atom. The predicted octanol–water partition coefficient (Wildman–Crippen LogP) is 4.00. The van der Waals surface area contributed by atoms with Crippen molar-refractivity contribution in [2.75, 3.05) is 13.2 Å². The summed E-state index contributed by atoms with van der Waals surface area (Å²) in [6.07, 6.45) is -3.73. The van der Waals surface area contributed by atoms with Crippen molar-refractivity contribution in [2.24, 2.45) is 0 Å². The van der Waals surface area contributed by atoms with Crippen LogP contribution in [0.1, 0.15) is 37.7 Å². The number of benzene rings is 2. The first-order valence-electron chi connectivity index (χ1n) is 11.6. The number of alkyl halides is 3. The fraction of sp³-hybridized carbons (Fsp3) is 0.440. The fourth-order valence-electron chi connectivity index (χ4n) is 4.95. The van der Waals surface area contributed by atoms with E-state index in [0.29, 0.717) is 48.6 Å². The van der Waals surface area contributed by atoms with Crippen molar-refractivity contribution in [2.45, 2.75) is 55.5 Å². The van der Waals surface area contributed by atoms with Gasteiger partial charge in [0.2, 0.25) is 0 Å². The minimum atomic E-state index is -4.83. The maximum atomic E-state index is 13.7. The first-order valence-corrected chi connectivity index (χ1v) is 12.0. The summed E-state index contributed by atoms with van der Waals surface area (Å²) in [6.45, 7) is -0.771. The van der Waals surface area contributed by atoms with Gasteiger partial charge in [-0.1, -0.05) is 11.6 Å². The largest absolute Gasteiger partial charge is 0.484 e. The molecule has 0 aromatic heterocycles. The van der Waals surface area contributed by atoms with Crippen molar-refractivity contribution in [1.82, 2.24) is 10.6 Å². The van der Waals surface area contributed by atoms with Crippen molar-refractivity contribution >= 4 is 23.4 Å². The number of carbonyl (C=O) groups is 2. The molecule has 3 aliphatic carbocycles. The molecule has 2 bridgehead atoms. The first-order chi connectivity index (χ1) is 17.4. The lowest BCUT2D eigenvalue weighted by molar-refractivity contribution is -0.140. The third kappa shape index (κ3) is 6.27. The van der Waals surface area contributed by atoms with Gasteiger partial charge in [-0.15, -0.1) is 0 Å². The van der Waals surface area contributed by atoms with Gasteiger partial charge in [-0.25, -0.2) is 4.39 Å². The lowest BCUT2D eigenvalue weighted by Gasteiger charge is -2.56. The molecule has 3 saturated carbocycles. The maximum absolute atomic E-state index is 13.7. The standard InChI is InChI=1S/C25H25ClF4N2O5/c26-15-1-3-16(4-2-15)36-14-22(35)32-24-9-7-23(8-10-24,12-20(24)33)31-21(34)13-37-17-5-6-18(19(27)11-17)25(28,29)30/h1-6,11,20,33H,7-10,12-14H2,(H,31,34)(H,32,35)/t20-,23?,24?/m0/s1. The summed E-state index contributed by atoms with van der Waals surface area (Å²) >= 11 is 5.83. The van der Waals surface area contributed by atoms with Gasteiger partial charge in [0.25, 0.3) is 11.8 Å². The lowest BCUT2D eigenvalue weighted by Crippen LogP contribution is -2.70. The number of fused-ring (bicyclic) bond motifs is 3. The van der Waals surface area contributed by atoms with E-state index in [9.17, 15) is 32.3 Å². The summed E-state index contributed by atoms with van der Waals surface area (Å²) in [6, 6.07) is 8.62. The predicted molar refractivity (Wildman–Crippen MR) is 125 cm³/mol. The van der Waals surface area contributed by atoms with Crippen molar-refractivity contribution in [3.63, 3.8) is 0 Å². The van der Waals surface area contributed by atoms with Gasteiger partial charge in [-0.2, -0.15) is 13.2 Å². The Morgan fingerprint density at radius 3 is 2.08 bits per heavy atom. The average Bonchev–Trinajstić information content (AvgIpc) is 2.83. The zero-order valence-corrected chi connectivity index (χ0v) is 20.3. The molecule has 0 unspecified atom stereocenters. The molecular weight excluding hydrogens is 520 g/mol. The summed E-state index contributed by atoms with van der Waals surface area (Å²) in [7, 11) is 0. The number of nitrogens with one attached hydrogen (secondary N) is 2. The van der Waals surface area contributed by atoms with Crippen molar-refractivity contribution in [1.29, 1.82) is 0 Å². The fourth-order valence-corrected chi connectivity index (χ4v) is 5.08. The molecule has 1 atom stereocenters. The second-order valence-corrected chi connectivity index (χ2v) is 9.86. The highest BCUT2D eigenvalue weighted by Crippen LogP contribution is 2.47. The van der Waals surface area contributed by atoms with E-state index in [1.165, 1.54) is 0 Å². The SMILES string of the molecule is O=C(COc1ccc(C(F)(F)F)c(F)c1)NC12CCC(NC(=O)COc3ccc(Cl)cc3)(CC1)[C@@H](O)C2. The van der Waals surface area contributed by atoms with E-state index in [1.54, 1.807) is 24.3 Å². The Kier molecular flexibility index (Phi) is 7.57. The van der Waals surface area contributed by atoms with Crippen LogP contribution in [-0.4, -0.2) is 47.3 Å². The summed E-state index contributed by atoms with van der Waals surface area (Å²) in [4.78, 5) is 25.0. The molecule has 7 nitrogen and oxygen atoms in total. The third-order valence-corrected chi connectivity index (χ3v) is 7.17. The monoisotopic (exact) mass is 544 g/mol. The zero-order valence-electron chi connectivity index (χ0n) is 19.5. The van der Waals surface area contributed by atoms with E-state index in [1.807, 2.05) is 0 Å². The van der Waals surface area contributed by atoms with E-state index in [4.69, 9.17) is 21.1 Å². The van der Waals surface area contributed by atoms with Gasteiger partial charge < -0.3 is 25.2 Å². The molecule has 5 rings (SSSR count). The van der Waals surface area contributed by atoms with Crippen LogP contribution in [0, 0.1) is 5.82 Å². The van der Waals surface area contributed by atoms with E-state index >= 15 is 0 Å². The Hall–Kier alpha value is -3.05. The molecule has 12 heteroatoms. The molecule has 37 heavy (non-hydrogen) atoms. The maximum Gasteiger partial charge on any atom is 0.419 e. The molecule has 2 aromatic carbocycles. The molecule has 200 valence electrons. The normalized spacial score (nSPS) is 24.9. The van der Waals surface area contributed by atoms with Crippen LogP contribution in [0.4, 0.5) is 17.6 Å². The summed E-state index contributed by atoms with van der Waals surface area (Å²) in [5.74, 6) is -2.17. The highest BCUT2D eigenvalue weighted by molar-refractivity contribution is 6.30. The van der Waals surface area contributed by atoms with Gasteiger partial charge >= 0.3 is 6.18 Å². The van der Waals surface area contributed by atoms with Crippen molar-refractivity contribution < 1.29 is 41.7 Å². The molecule has 3 aliphatic rings. The van der Waals surface area contributed by atoms with Crippen LogP contribution >= 0.6 is 11.6 Å². The van der Waals surface area contributed by atoms with Crippen LogP contribution in [-0.2, 0) is 15.8 Å². The lowest BCUT2D eigenvalue weighted by atomic mass is 9.60. The molecule has 2 aromatic rings. The Labute approximate surface area is 215 Å². The van der Waals surface area contributed by atoms with E-state index in [0.717, 1.165) is 6.07 Å². The van der Waals surface area contributed by atoms with E-state index < -0.39 is 47.3 Å². The molecule has 0 spiro atoms. The number of hydrogen-bond acceptors (Lipinski definition) is 5. The van der Waals surface area contributed by atoms with Crippen molar-refractivity contribution in [3.8, 4) is 11.5 Å². The molecule has 0 heterocycles. The summed E-state index contributed by atoms with van der Waals surface area (Å²) in [5.41, 5.74) is -2.97. The van der Waals surface area contributed by atoms with Gasteiger partial charge in [-0.05, 0) is 68.5 Å². The number of aliphatic hydroxyl groups excluding tert-OH is 1. The number of rotatable bonds is 8. The Bertz CT molecular complexity index is 1150. The summed E-state index contributed by atoms with van der Waals surface area (Å²) in [5, 5.41) is 17.1. The van der Waals surface area contributed by atoms with Crippen LogP contribution in [0.15, 0.2) is 42.5 Å². The number of amides is 2. The van der Waals surface area contributed by atoms with E-state index in [-0.39, 0.29) is 24.7 Å². The van der Waals surface area contributed by atoms with E-state index in [2.05, 4.69) is 10.6 Å². The molecule has 0 saturated heterocycles. The average molecular weight is 545 g/mol. The van der Waals surface area contributed by atoms with Gasteiger partial charge in [0.1, 0.15) is 17.3 Å². The van der Waals surface area contributed by atoms with Gasteiger partial charge in [0.05, 0.1) is 17.2 Å². The van der Waals surface area contributed by atoms with Gasteiger partial charge in [0.15, 0.2) is 13.2 Å². The topological polar surface area (TPSA) is 96.9 Å². The highest BCUT2D eigenvalue weighted by atomic mass is 35.5. The van der Waals surface area contributed by atoms with Crippen LogP contribution in [0.2, 0.25) is 5.02 Å². The third-order valence-electron chi connectivity index (χ3n) is 6.91. The molecule has 3 fully saturated rings. The second kappa shape index (κ2) is 10.4. The number of carbonyl (C=O) groups excluding carboxylic acids is 2. The molecule has 2 amide bonds. The van der Waals surface area contributed by atoms with Crippen molar-refractivity contribution in [3.05, 3.63) is 58.9 Å².